The van der Waals surface area contributed by atoms with Crippen LogP contribution in [0.1, 0.15) is 22.3 Å². The maximum atomic E-state index is 7.14. The molecule has 0 N–H and O–H groups in total. The van der Waals surface area contributed by atoms with Crippen molar-refractivity contribution in [1.29, 1.82) is 0 Å². The van der Waals surface area contributed by atoms with E-state index in [1.165, 1.54) is 0 Å². The second kappa shape index (κ2) is 21.2. The Labute approximate surface area is 466 Å². The van der Waals surface area contributed by atoms with Crippen LogP contribution in [0.2, 0.25) is 0 Å². The Hall–Kier alpha value is -10.0. The first-order valence-electron chi connectivity index (χ1n) is 26.7. The molecule has 4 nitrogen and oxygen atoms in total. The number of fused-ring (bicyclic) bond motifs is 3. The summed E-state index contributed by atoms with van der Waals surface area (Å²) in [6.07, 6.45) is 0. The van der Waals surface area contributed by atoms with Gasteiger partial charge in [-0.05, 0) is 167 Å². The summed E-state index contributed by atoms with van der Waals surface area (Å²) in [6.45, 7) is 0. The predicted molar refractivity (Wildman–Crippen MR) is 333 cm³/mol. The van der Waals surface area contributed by atoms with Crippen LogP contribution in [0, 0.1) is 0 Å². The van der Waals surface area contributed by atoms with Gasteiger partial charge >= 0.3 is 0 Å². The van der Waals surface area contributed by atoms with E-state index < -0.39 is 5.41 Å². The summed E-state index contributed by atoms with van der Waals surface area (Å²) in [7, 11) is 14.3. The number of benzene rings is 12. The average Bonchev–Trinajstić information content (AvgIpc) is 3.36. The molecule has 12 aromatic rings. The minimum Gasteiger partial charge on any atom is -0.310 e. The van der Waals surface area contributed by atoms with E-state index in [1.807, 2.05) is 12.1 Å². The quantitative estimate of drug-likeness (QED) is 0.101. The standard InChI is InChI=1S/C73H52B2N4/c74-55-41-43-69-70-44-42-56(75)50-72(70)73(71(69)49-55,53-45-65(76(57-25-9-1-10-26-57)58-27-11-2-12-28-58)51-66(46-53)77(59-29-13-3-14-30-59)60-31-15-4-16-32-60)54-47-67(78(61-33-17-5-18-34-61)62-35-19-6-20-36-62)52-68(48-54)79(63-37-21-7-22-38-63)64-39-23-8-24-40-64/h1-52H. The molecule has 0 fully saturated rings. The van der Waals surface area contributed by atoms with Crippen molar-refractivity contribution in [1.82, 2.24) is 0 Å². The molecule has 0 amide bonds. The molecule has 370 valence electrons. The summed E-state index contributed by atoms with van der Waals surface area (Å²) in [5.41, 5.74) is 18.6. The third-order valence-corrected chi connectivity index (χ3v) is 15.0. The van der Waals surface area contributed by atoms with E-state index >= 15 is 0 Å². The zero-order valence-electron chi connectivity index (χ0n) is 43.5. The van der Waals surface area contributed by atoms with E-state index in [2.05, 4.69) is 323 Å². The Morgan fingerprint density at radius 1 is 0.203 bits per heavy atom. The molecule has 0 heterocycles. The van der Waals surface area contributed by atoms with Gasteiger partial charge in [0.15, 0.2) is 0 Å². The third kappa shape index (κ3) is 9.13. The average molecular weight is 1010 g/mol. The molecule has 0 saturated heterocycles. The highest BCUT2D eigenvalue weighted by atomic mass is 15.2. The van der Waals surface area contributed by atoms with Crippen LogP contribution in [0.3, 0.4) is 0 Å². The molecule has 0 aromatic heterocycles. The fraction of sp³-hybridized carbons (Fsp3) is 0.0137. The highest BCUT2D eigenvalue weighted by Crippen LogP contribution is 2.59. The summed E-state index contributed by atoms with van der Waals surface area (Å²) in [5.74, 6) is 0. The Kier molecular flexibility index (Phi) is 13.0. The lowest BCUT2D eigenvalue weighted by Crippen LogP contribution is -2.31. The molecule has 0 atom stereocenters. The van der Waals surface area contributed by atoms with Crippen molar-refractivity contribution in [3.05, 3.63) is 338 Å². The zero-order valence-corrected chi connectivity index (χ0v) is 43.5. The first-order chi connectivity index (χ1) is 39.0. The van der Waals surface area contributed by atoms with Crippen molar-refractivity contribution < 1.29 is 0 Å². The van der Waals surface area contributed by atoms with Crippen LogP contribution in [0.5, 0.6) is 0 Å². The lowest BCUT2D eigenvalue weighted by molar-refractivity contribution is 0.769. The van der Waals surface area contributed by atoms with E-state index in [0.717, 1.165) is 102 Å². The van der Waals surface area contributed by atoms with Gasteiger partial charge in [-0.15, -0.1) is 0 Å². The third-order valence-electron chi connectivity index (χ3n) is 15.0. The van der Waals surface area contributed by atoms with Crippen molar-refractivity contribution in [2.45, 2.75) is 5.41 Å². The van der Waals surface area contributed by atoms with Gasteiger partial charge in [0.25, 0.3) is 0 Å². The Morgan fingerprint density at radius 3 is 0.608 bits per heavy atom. The van der Waals surface area contributed by atoms with Gasteiger partial charge in [-0.1, -0.05) is 193 Å². The van der Waals surface area contributed by atoms with Crippen LogP contribution < -0.4 is 30.5 Å². The Balaban J connectivity index is 1.21. The SMILES string of the molecule is [B]c1ccc2c(c1)C(c1cc(N(c3ccccc3)c3ccccc3)cc(N(c3ccccc3)c3ccccc3)c1)(c1cc(N(c3ccccc3)c3ccccc3)cc(N(c3ccccc3)c3ccccc3)c1)c1cc([B])ccc1-2. The van der Waals surface area contributed by atoms with Gasteiger partial charge in [-0.3, -0.25) is 0 Å². The van der Waals surface area contributed by atoms with Gasteiger partial charge < -0.3 is 19.6 Å². The minimum absolute atomic E-state index is 0.660. The fourth-order valence-electron chi connectivity index (χ4n) is 11.7. The van der Waals surface area contributed by atoms with Crippen molar-refractivity contribution >= 4 is 94.9 Å². The number of nitrogens with zero attached hydrogens (tertiary/aromatic N) is 4. The molecule has 79 heavy (non-hydrogen) atoms. The van der Waals surface area contributed by atoms with E-state index in [9.17, 15) is 0 Å². The summed E-state index contributed by atoms with van der Waals surface area (Å²) < 4.78 is 0. The highest BCUT2D eigenvalue weighted by molar-refractivity contribution is 6.33. The second-order valence-electron chi connectivity index (χ2n) is 19.9. The van der Waals surface area contributed by atoms with Gasteiger partial charge in [-0.2, -0.15) is 0 Å². The molecule has 4 radical (unpaired) electrons. The fourth-order valence-corrected chi connectivity index (χ4v) is 11.7. The molecular formula is C73H52B2N4. The zero-order chi connectivity index (χ0) is 53.1. The first kappa shape index (κ1) is 48.6. The van der Waals surface area contributed by atoms with Gasteiger partial charge in [0.1, 0.15) is 15.7 Å². The number of hydrogen-bond acceptors (Lipinski definition) is 4. The van der Waals surface area contributed by atoms with Crippen molar-refractivity contribution in [2.24, 2.45) is 0 Å². The number of rotatable bonds is 14. The van der Waals surface area contributed by atoms with Crippen LogP contribution in [0.25, 0.3) is 11.1 Å². The highest BCUT2D eigenvalue weighted by Gasteiger charge is 2.48. The number of para-hydroxylation sites is 8. The maximum absolute atomic E-state index is 7.14. The largest absolute Gasteiger partial charge is 0.310 e. The molecule has 1 aliphatic rings. The minimum atomic E-state index is -1.07. The molecular weight excluding hydrogens is 954 g/mol. The smallest absolute Gasteiger partial charge is 0.113 e. The first-order valence-corrected chi connectivity index (χ1v) is 26.7. The Morgan fingerprint density at radius 2 is 0.405 bits per heavy atom. The molecule has 0 bridgehead atoms. The van der Waals surface area contributed by atoms with Gasteiger partial charge in [0.05, 0.1) is 5.41 Å². The Bertz CT molecular complexity index is 3410. The van der Waals surface area contributed by atoms with E-state index in [1.54, 1.807) is 0 Å². The number of anilines is 12. The summed E-state index contributed by atoms with van der Waals surface area (Å²) in [4.78, 5) is 9.47. The second-order valence-corrected chi connectivity index (χ2v) is 19.9. The molecule has 12 aromatic carbocycles. The van der Waals surface area contributed by atoms with E-state index in [-0.39, 0.29) is 0 Å². The molecule has 1 aliphatic carbocycles. The van der Waals surface area contributed by atoms with Crippen LogP contribution >= 0.6 is 0 Å². The van der Waals surface area contributed by atoms with E-state index in [0.29, 0.717) is 10.9 Å². The van der Waals surface area contributed by atoms with Crippen molar-refractivity contribution in [3.63, 3.8) is 0 Å². The van der Waals surface area contributed by atoms with Gasteiger partial charge in [-0.25, -0.2) is 0 Å². The molecule has 0 spiro atoms. The van der Waals surface area contributed by atoms with Crippen LogP contribution in [-0.4, -0.2) is 15.7 Å². The van der Waals surface area contributed by atoms with Crippen LogP contribution in [0.4, 0.5) is 68.2 Å². The van der Waals surface area contributed by atoms with Crippen molar-refractivity contribution in [2.75, 3.05) is 19.6 Å². The summed E-state index contributed by atoms with van der Waals surface area (Å²) in [5, 5.41) is 0. The molecule has 6 heteroatoms. The number of hydrogen-bond donors (Lipinski definition) is 0. The molecule has 0 saturated carbocycles. The van der Waals surface area contributed by atoms with E-state index in [4.69, 9.17) is 15.7 Å². The van der Waals surface area contributed by atoms with Crippen molar-refractivity contribution in [3.8, 4) is 11.1 Å². The van der Waals surface area contributed by atoms with Gasteiger partial charge in [0, 0.05) is 68.2 Å². The predicted octanol–water partition coefficient (Wildman–Crippen LogP) is 17.5. The van der Waals surface area contributed by atoms with Crippen LogP contribution in [0.15, 0.2) is 315 Å². The summed E-state index contributed by atoms with van der Waals surface area (Å²) >= 11 is 0. The monoisotopic (exact) mass is 1010 g/mol. The lowest BCUT2D eigenvalue weighted by atomic mass is 9.66. The maximum Gasteiger partial charge on any atom is 0.113 e. The molecule has 13 rings (SSSR count). The topological polar surface area (TPSA) is 13.0 Å². The summed E-state index contributed by atoms with van der Waals surface area (Å²) in [6, 6.07) is 112. The van der Waals surface area contributed by atoms with Crippen LogP contribution in [-0.2, 0) is 5.41 Å². The molecule has 0 aliphatic heterocycles. The lowest BCUT2D eigenvalue weighted by Gasteiger charge is -2.39. The molecule has 0 unspecified atom stereocenters. The van der Waals surface area contributed by atoms with Gasteiger partial charge in [0.2, 0.25) is 0 Å². The normalized spacial score (nSPS) is 12.0.